The third-order valence-corrected chi connectivity index (χ3v) is 4.14. The fourth-order valence-corrected chi connectivity index (χ4v) is 2.99. The second-order valence-corrected chi connectivity index (χ2v) is 5.81. The van der Waals surface area contributed by atoms with Crippen molar-refractivity contribution in [1.82, 2.24) is 5.32 Å². The SMILES string of the molecule is Cc1ccc2oc(CNC(=O)C3CCCCC3)cc2c1. The molecule has 3 rings (SSSR count). The molecule has 1 aromatic carbocycles. The zero-order chi connectivity index (χ0) is 13.9. The molecule has 0 aliphatic heterocycles. The first kappa shape index (κ1) is 13.2. The lowest BCUT2D eigenvalue weighted by atomic mass is 9.89. The maximum Gasteiger partial charge on any atom is 0.223 e. The first-order chi connectivity index (χ1) is 9.72. The van der Waals surface area contributed by atoms with Crippen molar-refractivity contribution in [2.75, 3.05) is 0 Å². The number of benzene rings is 1. The summed E-state index contributed by atoms with van der Waals surface area (Å²) >= 11 is 0. The van der Waals surface area contributed by atoms with Gasteiger partial charge in [-0.1, -0.05) is 30.9 Å². The molecule has 1 heterocycles. The molecule has 0 radical (unpaired) electrons. The predicted octanol–water partition coefficient (Wildman–Crippen LogP) is 3.94. The van der Waals surface area contributed by atoms with Crippen LogP contribution in [0.2, 0.25) is 0 Å². The van der Waals surface area contributed by atoms with Gasteiger partial charge in [0.25, 0.3) is 0 Å². The van der Waals surface area contributed by atoms with E-state index in [1.807, 2.05) is 18.2 Å². The standard InChI is InChI=1S/C17H21NO2/c1-12-7-8-16-14(9-12)10-15(20-16)11-18-17(19)13-5-3-2-4-6-13/h7-10,13H,2-6,11H2,1H3,(H,18,19). The van der Waals surface area contributed by atoms with Crippen LogP contribution in [0.15, 0.2) is 28.7 Å². The fourth-order valence-electron chi connectivity index (χ4n) is 2.99. The van der Waals surface area contributed by atoms with Gasteiger partial charge in [-0.05, 0) is 38.0 Å². The Hall–Kier alpha value is -1.77. The minimum absolute atomic E-state index is 0.182. The van der Waals surface area contributed by atoms with Gasteiger partial charge in [-0.15, -0.1) is 0 Å². The van der Waals surface area contributed by atoms with Crippen molar-refractivity contribution in [3.05, 3.63) is 35.6 Å². The molecule has 3 heteroatoms. The molecule has 0 atom stereocenters. The average molecular weight is 271 g/mol. The third kappa shape index (κ3) is 2.87. The maximum atomic E-state index is 12.1. The Balaban J connectivity index is 1.63. The quantitative estimate of drug-likeness (QED) is 0.918. The summed E-state index contributed by atoms with van der Waals surface area (Å²) in [5.41, 5.74) is 2.11. The second-order valence-electron chi connectivity index (χ2n) is 5.81. The first-order valence-corrected chi connectivity index (χ1v) is 7.49. The predicted molar refractivity (Wildman–Crippen MR) is 79.4 cm³/mol. The summed E-state index contributed by atoms with van der Waals surface area (Å²) in [5.74, 6) is 1.21. The molecule has 1 aliphatic carbocycles. The number of nitrogens with one attached hydrogen (secondary N) is 1. The van der Waals surface area contributed by atoms with Crippen LogP contribution in [-0.4, -0.2) is 5.91 Å². The molecule has 20 heavy (non-hydrogen) atoms. The van der Waals surface area contributed by atoms with E-state index in [4.69, 9.17) is 4.42 Å². The highest BCUT2D eigenvalue weighted by molar-refractivity contribution is 5.80. The molecule has 1 aromatic heterocycles. The van der Waals surface area contributed by atoms with Crippen LogP contribution in [0, 0.1) is 12.8 Å². The van der Waals surface area contributed by atoms with Crippen LogP contribution in [0.5, 0.6) is 0 Å². The molecule has 1 amide bonds. The minimum Gasteiger partial charge on any atom is -0.459 e. The molecule has 1 aliphatic rings. The molecule has 2 aromatic rings. The molecule has 3 nitrogen and oxygen atoms in total. The molecule has 1 N–H and O–H groups in total. The van der Waals surface area contributed by atoms with Gasteiger partial charge >= 0.3 is 0 Å². The van der Waals surface area contributed by atoms with Gasteiger partial charge in [0.2, 0.25) is 5.91 Å². The van der Waals surface area contributed by atoms with Gasteiger partial charge in [0.1, 0.15) is 11.3 Å². The van der Waals surface area contributed by atoms with Crippen molar-refractivity contribution in [1.29, 1.82) is 0 Å². The van der Waals surface area contributed by atoms with Crippen molar-refractivity contribution in [2.24, 2.45) is 5.92 Å². The Morgan fingerprint density at radius 2 is 2.05 bits per heavy atom. The summed E-state index contributed by atoms with van der Waals surface area (Å²) in [4.78, 5) is 12.1. The lowest BCUT2D eigenvalue weighted by molar-refractivity contribution is -0.126. The van der Waals surface area contributed by atoms with E-state index in [0.717, 1.165) is 29.6 Å². The van der Waals surface area contributed by atoms with E-state index in [0.29, 0.717) is 6.54 Å². The minimum atomic E-state index is 0.182. The molecule has 1 saturated carbocycles. The number of hydrogen-bond acceptors (Lipinski definition) is 2. The molecule has 1 fully saturated rings. The number of aryl methyl sites for hydroxylation is 1. The number of furan rings is 1. The zero-order valence-electron chi connectivity index (χ0n) is 11.9. The van der Waals surface area contributed by atoms with Gasteiger partial charge in [0.15, 0.2) is 0 Å². The lowest BCUT2D eigenvalue weighted by Gasteiger charge is -2.20. The Morgan fingerprint density at radius 3 is 2.85 bits per heavy atom. The monoisotopic (exact) mass is 271 g/mol. The van der Waals surface area contributed by atoms with E-state index < -0.39 is 0 Å². The van der Waals surface area contributed by atoms with Gasteiger partial charge < -0.3 is 9.73 Å². The highest BCUT2D eigenvalue weighted by atomic mass is 16.3. The number of rotatable bonds is 3. The Bertz CT molecular complexity index is 608. The summed E-state index contributed by atoms with van der Waals surface area (Å²) in [5, 5.41) is 4.12. The normalized spacial score (nSPS) is 16.4. The maximum absolute atomic E-state index is 12.1. The van der Waals surface area contributed by atoms with Gasteiger partial charge in [-0.2, -0.15) is 0 Å². The number of carbonyl (C=O) groups excluding carboxylic acids is 1. The molecule has 0 unspecified atom stereocenters. The van der Waals surface area contributed by atoms with Crippen LogP contribution >= 0.6 is 0 Å². The van der Waals surface area contributed by atoms with E-state index in [9.17, 15) is 4.79 Å². The van der Waals surface area contributed by atoms with Crippen LogP contribution in [0.25, 0.3) is 11.0 Å². The summed E-state index contributed by atoms with van der Waals surface area (Å²) in [6.07, 6.45) is 5.70. The van der Waals surface area contributed by atoms with Crippen LogP contribution in [0.4, 0.5) is 0 Å². The molecule has 0 spiro atoms. The topological polar surface area (TPSA) is 42.2 Å². The van der Waals surface area contributed by atoms with Crippen LogP contribution in [0.1, 0.15) is 43.4 Å². The smallest absolute Gasteiger partial charge is 0.223 e. The largest absolute Gasteiger partial charge is 0.459 e. The molecule has 106 valence electrons. The summed E-state index contributed by atoms with van der Waals surface area (Å²) in [7, 11) is 0. The average Bonchev–Trinajstić information content (AvgIpc) is 2.87. The van der Waals surface area contributed by atoms with E-state index in [1.54, 1.807) is 0 Å². The fraction of sp³-hybridized carbons (Fsp3) is 0.471. The summed E-state index contributed by atoms with van der Waals surface area (Å²) < 4.78 is 5.75. The Kier molecular flexibility index (Phi) is 3.77. The number of fused-ring (bicyclic) bond motifs is 1. The molecule has 0 bridgehead atoms. The molecular formula is C17H21NO2. The number of amides is 1. The van der Waals surface area contributed by atoms with E-state index >= 15 is 0 Å². The summed E-state index contributed by atoms with van der Waals surface area (Å²) in [6, 6.07) is 8.14. The van der Waals surface area contributed by atoms with Crippen molar-refractivity contribution < 1.29 is 9.21 Å². The highest BCUT2D eigenvalue weighted by Gasteiger charge is 2.20. The van der Waals surface area contributed by atoms with Gasteiger partial charge in [0, 0.05) is 11.3 Å². The van der Waals surface area contributed by atoms with Crippen LogP contribution in [-0.2, 0) is 11.3 Å². The van der Waals surface area contributed by atoms with Crippen molar-refractivity contribution in [3.63, 3.8) is 0 Å². The van der Waals surface area contributed by atoms with Crippen LogP contribution < -0.4 is 5.32 Å². The summed E-state index contributed by atoms with van der Waals surface area (Å²) in [6.45, 7) is 2.56. The van der Waals surface area contributed by atoms with E-state index in [2.05, 4.69) is 18.3 Å². The molecular weight excluding hydrogens is 250 g/mol. The first-order valence-electron chi connectivity index (χ1n) is 7.49. The van der Waals surface area contributed by atoms with Gasteiger partial charge in [0.05, 0.1) is 6.54 Å². The van der Waals surface area contributed by atoms with Gasteiger partial charge in [-0.3, -0.25) is 4.79 Å². The Morgan fingerprint density at radius 1 is 1.25 bits per heavy atom. The molecule has 0 saturated heterocycles. The van der Waals surface area contributed by atoms with Crippen LogP contribution in [0.3, 0.4) is 0 Å². The van der Waals surface area contributed by atoms with E-state index in [1.165, 1.54) is 24.8 Å². The lowest BCUT2D eigenvalue weighted by Crippen LogP contribution is -2.31. The van der Waals surface area contributed by atoms with Crippen molar-refractivity contribution in [2.45, 2.75) is 45.6 Å². The number of hydrogen-bond donors (Lipinski definition) is 1. The van der Waals surface area contributed by atoms with Gasteiger partial charge in [-0.25, -0.2) is 0 Å². The number of carbonyl (C=O) groups is 1. The Labute approximate surface area is 119 Å². The van der Waals surface area contributed by atoms with Crippen molar-refractivity contribution >= 4 is 16.9 Å². The zero-order valence-corrected chi connectivity index (χ0v) is 11.9. The van der Waals surface area contributed by atoms with Crippen molar-refractivity contribution in [3.8, 4) is 0 Å². The third-order valence-electron chi connectivity index (χ3n) is 4.14. The second kappa shape index (κ2) is 5.70. The van der Waals surface area contributed by atoms with E-state index in [-0.39, 0.29) is 11.8 Å². The highest BCUT2D eigenvalue weighted by Crippen LogP contribution is 2.24.